The summed E-state index contributed by atoms with van der Waals surface area (Å²) >= 11 is 0. The first-order valence-electron chi connectivity index (χ1n) is 8.17. The van der Waals surface area contributed by atoms with Crippen LogP contribution in [0.2, 0.25) is 0 Å². The van der Waals surface area contributed by atoms with Gasteiger partial charge in [-0.05, 0) is 76.4 Å². The Bertz CT molecular complexity index is 640. The maximum absolute atomic E-state index is 13.7. The molecule has 0 aliphatic carbocycles. The van der Waals surface area contributed by atoms with E-state index in [0.29, 0.717) is 12.1 Å². The van der Waals surface area contributed by atoms with Crippen molar-refractivity contribution in [2.75, 3.05) is 10.6 Å². The summed E-state index contributed by atoms with van der Waals surface area (Å²) in [5, 5.41) is 6.72. The number of aromatic nitrogens is 1. The summed E-state index contributed by atoms with van der Waals surface area (Å²) in [6, 6.07) is 9.80. The summed E-state index contributed by atoms with van der Waals surface area (Å²) in [5.74, 6) is -0.184. The summed E-state index contributed by atoms with van der Waals surface area (Å²) in [6.07, 6.45) is 3.58. The van der Waals surface area contributed by atoms with E-state index in [1.54, 1.807) is 18.3 Å². The molecule has 0 amide bonds. The Labute approximate surface area is 138 Å². The molecule has 0 aliphatic rings. The van der Waals surface area contributed by atoms with Crippen molar-refractivity contribution in [3.63, 3.8) is 0 Å². The molecule has 0 bridgehead atoms. The topological polar surface area (TPSA) is 37.0 Å². The standard InChI is InChI=1S/C19H26FN3/c1-13(2)22-19-11-16(10-17(20)12-19)6-5-14(3)23-18-7-8-21-15(4)9-18/h7-14,22H,5-6H2,1-4H3,(H,21,23). The lowest BCUT2D eigenvalue weighted by Crippen LogP contribution is -2.16. The number of nitrogens with zero attached hydrogens (tertiary/aromatic N) is 1. The van der Waals surface area contributed by atoms with Gasteiger partial charge in [-0.3, -0.25) is 4.98 Å². The van der Waals surface area contributed by atoms with E-state index < -0.39 is 0 Å². The van der Waals surface area contributed by atoms with E-state index in [9.17, 15) is 4.39 Å². The molecular weight excluding hydrogens is 289 g/mol. The lowest BCUT2D eigenvalue weighted by molar-refractivity contribution is 0.622. The molecule has 4 heteroatoms. The van der Waals surface area contributed by atoms with E-state index in [-0.39, 0.29) is 5.82 Å². The van der Waals surface area contributed by atoms with Crippen molar-refractivity contribution < 1.29 is 4.39 Å². The summed E-state index contributed by atoms with van der Waals surface area (Å²) in [4.78, 5) is 4.20. The quantitative estimate of drug-likeness (QED) is 0.772. The molecule has 124 valence electrons. The highest BCUT2D eigenvalue weighted by atomic mass is 19.1. The van der Waals surface area contributed by atoms with Crippen LogP contribution in [0.5, 0.6) is 0 Å². The van der Waals surface area contributed by atoms with Crippen molar-refractivity contribution >= 4 is 11.4 Å². The highest BCUT2D eigenvalue weighted by molar-refractivity contribution is 5.47. The van der Waals surface area contributed by atoms with Crippen LogP contribution in [0.25, 0.3) is 0 Å². The predicted octanol–water partition coefficient (Wildman–Crippen LogP) is 4.78. The predicted molar refractivity (Wildman–Crippen MR) is 95.5 cm³/mol. The average molecular weight is 315 g/mol. The van der Waals surface area contributed by atoms with Gasteiger partial charge in [-0.15, -0.1) is 0 Å². The number of pyridine rings is 1. The highest BCUT2D eigenvalue weighted by Gasteiger charge is 2.06. The molecule has 1 aromatic carbocycles. The summed E-state index contributed by atoms with van der Waals surface area (Å²) in [5.41, 5.74) is 3.94. The van der Waals surface area contributed by atoms with Gasteiger partial charge in [-0.1, -0.05) is 0 Å². The van der Waals surface area contributed by atoms with E-state index in [1.165, 1.54) is 0 Å². The van der Waals surface area contributed by atoms with Crippen LogP contribution in [0.3, 0.4) is 0 Å². The molecule has 0 aliphatic heterocycles. The van der Waals surface area contributed by atoms with Gasteiger partial charge in [0.2, 0.25) is 0 Å². The zero-order valence-electron chi connectivity index (χ0n) is 14.4. The second-order valence-corrected chi connectivity index (χ2v) is 6.42. The van der Waals surface area contributed by atoms with Gasteiger partial charge in [0, 0.05) is 35.3 Å². The molecule has 0 saturated heterocycles. The van der Waals surface area contributed by atoms with Crippen LogP contribution >= 0.6 is 0 Å². The number of hydrogen-bond acceptors (Lipinski definition) is 3. The average Bonchev–Trinajstić information content (AvgIpc) is 2.44. The van der Waals surface area contributed by atoms with Gasteiger partial charge in [0.1, 0.15) is 5.82 Å². The summed E-state index contributed by atoms with van der Waals surface area (Å²) < 4.78 is 13.7. The molecular formula is C19H26FN3. The minimum atomic E-state index is -0.184. The Morgan fingerprint density at radius 2 is 1.83 bits per heavy atom. The van der Waals surface area contributed by atoms with Crippen LogP contribution in [0.15, 0.2) is 36.5 Å². The smallest absolute Gasteiger partial charge is 0.125 e. The molecule has 0 spiro atoms. The van der Waals surface area contributed by atoms with Gasteiger partial charge in [-0.2, -0.15) is 0 Å². The highest BCUT2D eigenvalue weighted by Crippen LogP contribution is 2.18. The third-order valence-electron chi connectivity index (χ3n) is 3.59. The second kappa shape index (κ2) is 7.95. The summed E-state index contributed by atoms with van der Waals surface area (Å²) in [7, 11) is 0. The lowest BCUT2D eigenvalue weighted by Gasteiger charge is -2.16. The number of nitrogens with one attached hydrogen (secondary N) is 2. The molecule has 1 atom stereocenters. The number of anilines is 2. The molecule has 0 fully saturated rings. The number of hydrogen-bond donors (Lipinski definition) is 2. The van der Waals surface area contributed by atoms with Gasteiger partial charge in [0.15, 0.2) is 0 Å². The summed E-state index contributed by atoms with van der Waals surface area (Å²) in [6.45, 7) is 8.22. The largest absolute Gasteiger partial charge is 0.383 e. The van der Waals surface area contributed by atoms with Crippen molar-refractivity contribution in [2.45, 2.75) is 52.6 Å². The van der Waals surface area contributed by atoms with E-state index in [0.717, 1.165) is 35.5 Å². The van der Waals surface area contributed by atoms with Gasteiger partial charge in [0.05, 0.1) is 0 Å². The van der Waals surface area contributed by atoms with Crippen molar-refractivity contribution in [1.82, 2.24) is 4.98 Å². The van der Waals surface area contributed by atoms with E-state index in [1.807, 2.05) is 39.0 Å². The first-order chi connectivity index (χ1) is 10.9. The van der Waals surface area contributed by atoms with Gasteiger partial charge in [0.25, 0.3) is 0 Å². The van der Waals surface area contributed by atoms with Gasteiger partial charge >= 0.3 is 0 Å². The zero-order valence-corrected chi connectivity index (χ0v) is 14.4. The van der Waals surface area contributed by atoms with Crippen LogP contribution in [0.1, 0.15) is 38.4 Å². The first-order valence-corrected chi connectivity index (χ1v) is 8.17. The molecule has 1 heterocycles. The Balaban J connectivity index is 1.93. The molecule has 2 N–H and O–H groups in total. The monoisotopic (exact) mass is 315 g/mol. The number of benzene rings is 1. The number of halogens is 1. The Morgan fingerprint density at radius 1 is 1.04 bits per heavy atom. The SMILES string of the molecule is Cc1cc(NC(C)CCc2cc(F)cc(NC(C)C)c2)ccn1. The van der Waals surface area contributed by atoms with Crippen LogP contribution in [0, 0.1) is 12.7 Å². The Morgan fingerprint density at radius 3 is 2.52 bits per heavy atom. The minimum Gasteiger partial charge on any atom is -0.383 e. The molecule has 0 radical (unpaired) electrons. The fourth-order valence-corrected chi connectivity index (χ4v) is 2.59. The molecule has 0 saturated carbocycles. The van der Waals surface area contributed by atoms with E-state index in [4.69, 9.17) is 0 Å². The molecule has 2 rings (SSSR count). The Hall–Kier alpha value is -2.10. The molecule has 3 nitrogen and oxygen atoms in total. The van der Waals surface area contributed by atoms with Gasteiger partial charge < -0.3 is 10.6 Å². The Kier molecular flexibility index (Phi) is 5.97. The van der Waals surface area contributed by atoms with Crippen LogP contribution in [-0.2, 0) is 6.42 Å². The fourth-order valence-electron chi connectivity index (χ4n) is 2.59. The number of aryl methyl sites for hydroxylation is 2. The maximum atomic E-state index is 13.7. The van der Waals surface area contributed by atoms with Crippen molar-refractivity contribution in [1.29, 1.82) is 0 Å². The third-order valence-corrected chi connectivity index (χ3v) is 3.59. The molecule has 2 aromatic rings. The fraction of sp³-hybridized carbons (Fsp3) is 0.421. The van der Waals surface area contributed by atoms with Crippen LogP contribution in [0.4, 0.5) is 15.8 Å². The van der Waals surface area contributed by atoms with Crippen molar-refractivity contribution in [2.24, 2.45) is 0 Å². The van der Waals surface area contributed by atoms with Gasteiger partial charge in [-0.25, -0.2) is 4.39 Å². The van der Waals surface area contributed by atoms with Crippen molar-refractivity contribution in [3.05, 3.63) is 53.6 Å². The van der Waals surface area contributed by atoms with Crippen LogP contribution < -0.4 is 10.6 Å². The van der Waals surface area contributed by atoms with E-state index in [2.05, 4.69) is 22.5 Å². The molecule has 1 aromatic heterocycles. The second-order valence-electron chi connectivity index (χ2n) is 6.42. The molecule has 1 unspecified atom stereocenters. The van der Waals surface area contributed by atoms with Crippen LogP contribution in [-0.4, -0.2) is 17.1 Å². The normalized spacial score (nSPS) is 12.3. The minimum absolute atomic E-state index is 0.184. The maximum Gasteiger partial charge on any atom is 0.125 e. The first kappa shape index (κ1) is 17.3. The number of rotatable bonds is 7. The lowest BCUT2D eigenvalue weighted by atomic mass is 10.0. The van der Waals surface area contributed by atoms with Crippen molar-refractivity contribution in [3.8, 4) is 0 Å². The zero-order chi connectivity index (χ0) is 16.8. The third kappa shape index (κ3) is 5.89. The molecule has 23 heavy (non-hydrogen) atoms. The van der Waals surface area contributed by atoms with E-state index >= 15 is 0 Å².